The molecule has 1 aromatic carbocycles. The van der Waals surface area contributed by atoms with Crippen molar-refractivity contribution < 1.29 is 9.53 Å². The minimum Gasteiger partial charge on any atom is -0.496 e. The first-order chi connectivity index (χ1) is 13.3. The molecule has 1 amide bonds. The Balaban J connectivity index is 0.00000150. The number of rotatable bonds is 4. The van der Waals surface area contributed by atoms with Crippen molar-refractivity contribution in [3.05, 3.63) is 72.4 Å². The Labute approximate surface area is 181 Å². The quantitative estimate of drug-likeness (QED) is 0.681. The van der Waals surface area contributed by atoms with Gasteiger partial charge in [-0.25, -0.2) is 9.97 Å². The van der Waals surface area contributed by atoms with E-state index in [4.69, 9.17) is 4.74 Å². The predicted molar refractivity (Wildman–Crippen MR) is 115 cm³/mol. The van der Waals surface area contributed by atoms with E-state index in [1.54, 1.807) is 48.7 Å². The van der Waals surface area contributed by atoms with Gasteiger partial charge in [0.15, 0.2) is 0 Å². The molecule has 0 spiro atoms. The smallest absolute Gasteiger partial charge is 0.254 e. The number of amides is 1. The van der Waals surface area contributed by atoms with E-state index >= 15 is 0 Å². The molecule has 7 nitrogen and oxygen atoms in total. The molecule has 1 unspecified atom stereocenters. The van der Waals surface area contributed by atoms with Gasteiger partial charge < -0.3 is 15.0 Å². The topological polar surface area (TPSA) is 72.3 Å². The highest BCUT2D eigenvalue weighted by Crippen LogP contribution is 2.31. The molecule has 0 aliphatic carbocycles. The number of halogens is 2. The third-order valence-electron chi connectivity index (χ3n) is 4.76. The monoisotopic (exact) mass is 435 g/mol. The lowest BCUT2D eigenvalue weighted by Crippen LogP contribution is -2.48. The molecule has 0 radical (unpaired) electrons. The molecule has 29 heavy (non-hydrogen) atoms. The summed E-state index contributed by atoms with van der Waals surface area (Å²) in [6.45, 7) is 2.08. The van der Waals surface area contributed by atoms with Crippen LogP contribution in [0.1, 0.15) is 22.0 Å². The van der Waals surface area contributed by atoms with Crippen LogP contribution in [0.15, 0.2) is 61.3 Å². The Hall–Kier alpha value is -2.61. The highest BCUT2D eigenvalue weighted by molar-refractivity contribution is 5.95. The van der Waals surface area contributed by atoms with Gasteiger partial charge in [0.05, 0.1) is 13.2 Å². The lowest BCUT2D eigenvalue weighted by molar-refractivity contribution is 0.0631. The average Bonchev–Trinajstić information content (AvgIpc) is 3.28. The van der Waals surface area contributed by atoms with Crippen LogP contribution in [-0.4, -0.2) is 52.1 Å². The number of aromatic nitrogens is 3. The van der Waals surface area contributed by atoms with Crippen LogP contribution in [-0.2, 0) is 0 Å². The molecule has 3 aromatic rings. The predicted octanol–water partition coefficient (Wildman–Crippen LogP) is 2.91. The van der Waals surface area contributed by atoms with Crippen LogP contribution in [0.4, 0.5) is 0 Å². The van der Waals surface area contributed by atoms with Crippen LogP contribution in [0.2, 0.25) is 0 Å². The molecule has 1 aliphatic rings. The van der Waals surface area contributed by atoms with Gasteiger partial charge in [0.1, 0.15) is 17.9 Å². The number of hydrogen-bond acceptors (Lipinski definition) is 5. The number of methoxy groups -OCH3 is 1. The van der Waals surface area contributed by atoms with Crippen molar-refractivity contribution in [3.8, 4) is 11.6 Å². The molecule has 4 rings (SSSR count). The van der Waals surface area contributed by atoms with E-state index in [0.29, 0.717) is 24.5 Å². The van der Waals surface area contributed by atoms with Gasteiger partial charge in [0.25, 0.3) is 5.91 Å². The molecule has 2 aromatic heterocycles. The number of para-hydroxylation sites is 1. The van der Waals surface area contributed by atoms with Crippen molar-refractivity contribution in [1.29, 1.82) is 0 Å². The number of nitrogens with one attached hydrogen (secondary N) is 1. The van der Waals surface area contributed by atoms with Crippen molar-refractivity contribution in [2.24, 2.45) is 0 Å². The normalized spacial score (nSPS) is 15.8. The lowest BCUT2D eigenvalue weighted by atomic mass is 10.0. The largest absolute Gasteiger partial charge is 0.496 e. The Morgan fingerprint density at radius 2 is 2.03 bits per heavy atom. The maximum atomic E-state index is 13.3. The Kier molecular flexibility index (Phi) is 8.01. The first-order valence-electron chi connectivity index (χ1n) is 8.87. The summed E-state index contributed by atoms with van der Waals surface area (Å²) >= 11 is 0. The van der Waals surface area contributed by atoms with Crippen LogP contribution in [0, 0.1) is 0 Å². The zero-order valence-electron chi connectivity index (χ0n) is 15.9. The fraction of sp³-hybridized carbons (Fsp3) is 0.250. The van der Waals surface area contributed by atoms with Crippen molar-refractivity contribution >= 4 is 30.7 Å². The first kappa shape index (κ1) is 22.7. The van der Waals surface area contributed by atoms with Gasteiger partial charge in [-0.2, -0.15) is 0 Å². The van der Waals surface area contributed by atoms with Crippen molar-refractivity contribution in [1.82, 2.24) is 24.8 Å². The van der Waals surface area contributed by atoms with Crippen molar-refractivity contribution in [2.45, 2.75) is 6.04 Å². The van der Waals surface area contributed by atoms with Crippen LogP contribution in [0.5, 0.6) is 5.75 Å². The minimum atomic E-state index is -0.0905. The summed E-state index contributed by atoms with van der Waals surface area (Å²) in [7, 11) is 1.65. The fourth-order valence-electron chi connectivity index (χ4n) is 3.42. The Morgan fingerprint density at radius 3 is 2.79 bits per heavy atom. The summed E-state index contributed by atoms with van der Waals surface area (Å²) in [5.74, 6) is 1.44. The van der Waals surface area contributed by atoms with E-state index < -0.39 is 0 Å². The Morgan fingerprint density at radius 1 is 1.21 bits per heavy atom. The van der Waals surface area contributed by atoms with E-state index in [-0.39, 0.29) is 36.8 Å². The molecule has 0 bridgehead atoms. The number of hydrogen-bond donors (Lipinski definition) is 1. The number of carbonyl (C=O) groups excluding carboxylic acids is 1. The van der Waals surface area contributed by atoms with Crippen LogP contribution >= 0.6 is 24.8 Å². The van der Waals surface area contributed by atoms with E-state index in [2.05, 4.69) is 15.3 Å². The van der Waals surface area contributed by atoms with Gasteiger partial charge in [-0.1, -0.05) is 18.2 Å². The number of pyridine rings is 1. The lowest BCUT2D eigenvalue weighted by Gasteiger charge is -2.37. The number of ether oxygens (including phenoxy) is 1. The van der Waals surface area contributed by atoms with E-state index in [9.17, 15) is 4.79 Å². The number of carbonyl (C=O) groups is 1. The summed E-state index contributed by atoms with van der Waals surface area (Å²) in [4.78, 5) is 23.6. The van der Waals surface area contributed by atoms with E-state index in [1.165, 1.54) is 0 Å². The summed E-state index contributed by atoms with van der Waals surface area (Å²) in [6, 6.07) is 11.3. The SMILES string of the molecule is COc1ccccc1C1CNCCN1C(=O)c1ccnc(-n2ccnc2)c1.Cl.Cl. The minimum absolute atomic E-state index is 0. The number of imidazole rings is 1. The van der Waals surface area contributed by atoms with E-state index in [1.807, 2.05) is 29.2 Å². The fourth-order valence-corrected chi connectivity index (χ4v) is 3.42. The second-order valence-electron chi connectivity index (χ2n) is 6.33. The average molecular weight is 436 g/mol. The van der Waals surface area contributed by atoms with Crippen LogP contribution in [0.3, 0.4) is 0 Å². The highest BCUT2D eigenvalue weighted by Gasteiger charge is 2.30. The second-order valence-corrected chi connectivity index (χ2v) is 6.33. The third kappa shape index (κ3) is 4.70. The van der Waals surface area contributed by atoms with Gasteiger partial charge in [0.2, 0.25) is 0 Å². The molecule has 154 valence electrons. The molecule has 1 atom stereocenters. The molecule has 1 aliphatic heterocycles. The molecule has 1 N–H and O–H groups in total. The second kappa shape index (κ2) is 10.2. The third-order valence-corrected chi connectivity index (χ3v) is 4.76. The summed E-state index contributed by atoms with van der Waals surface area (Å²) in [6.07, 6.45) is 6.81. The molecule has 1 fully saturated rings. The maximum absolute atomic E-state index is 13.3. The molecule has 9 heteroatoms. The molecule has 3 heterocycles. The maximum Gasteiger partial charge on any atom is 0.254 e. The zero-order chi connectivity index (χ0) is 18.6. The van der Waals surface area contributed by atoms with E-state index in [0.717, 1.165) is 17.9 Å². The summed E-state index contributed by atoms with van der Waals surface area (Å²) in [5.41, 5.74) is 1.61. The Bertz CT molecular complexity index is 936. The van der Waals surface area contributed by atoms with Crippen LogP contribution in [0.25, 0.3) is 5.82 Å². The zero-order valence-corrected chi connectivity index (χ0v) is 17.5. The standard InChI is InChI=1S/C20H21N5O2.2ClH/c1-27-18-5-3-2-4-16(18)17-13-21-9-11-25(17)20(26)15-6-7-23-19(12-15)24-10-8-22-14-24;;/h2-8,10,12,14,17,21H,9,11,13H2,1H3;2*1H. The highest BCUT2D eigenvalue weighted by atomic mass is 35.5. The molecular formula is C20H23Cl2N5O2. The first-order valence-corrected chi connectivity index (χ1v) is 8.87. The number of nitrogens with zero attached hydrogens (tertiary/aromatic N) is 4. The van der Waals surface area contributed by atoms with Crippen molar-refractivity contribution in [2.75, 3.05) is 26.7 Å². The number of benzene rings is 1. The summed E-state index contributed by atoms with van der Waals surface area (Å²) < 4.78 is 7.30. The van der Waals surface area contributed by atoms with Gasteiger partial charge in [-0.3, -0.25) is 9.36 Å². The summed E-state index contributed by atoms with van der Waals surface area (Å²) in [5, 5.41) is 3.38. The molecule has 1 saturated heterocycles. The van der Waals surface area contributed by atoms with Crippen molar-refractivity contribution in [3.63, 3.8) is 0 Å². The molecular weight excluding hydrogens is 413 g/mol. The van der Waals surface area contributed by atoms with Crippen LogP contribution < -0.4 is 10.1 Å². The molecule has 0 saturated carbocycles. The number of piperazine rings is 1. The van der Waals surface area contributed by atoms with Gasteiger partial charge in [0, 0.05) is 49.4 Å². The van der Waals surface area contributed by atoms with Gasteiger partial charge in [-0.05, 0) is 18.2 Å². The van der Waals surface area contributed by atoms with Gasteiger partial charge >= 0.3 is 0 Å². The van der Waals surface area contributed by atoms with Gasteiger partial charge in [-0.15, -0.1) is 24.8 Å².